The standard InChI is InChI=1S/C16H10N2OSe.C14H17NOSe.C13H15NOSe.C12H8N2OSe.C12H9NO2Se.C12H9NOSSe.CH4/c19-16-12-6-2-4-8-14(12)20-18(16)15-10-9-11-5-1-3-7-13(11)17-15;1-10-6-8-11(9-7-10)15-14(16)12-4-2-3-5-13(12)17-15;15-13-11-8-4-5-9-12(11)16-14(13)10-6-2-1-3-7-10;15-12-10-5-1-2-6-11(10)16-14(12)9-4-3-7-13-8-9;2*14-12-10-5-1-2-6-11(10)16-13(12)8-9-4-3-7-15-9;/h1-10H;2-5,10-11H,6-9H2,1H3;4-5,8-10H,1-3,6-7H2;1-8H;2*1-7H,8H2;1H4. The third-order valence-electron chi connectivity index (χ3n) is 17.8. The molecule has 0 aliphatic heterocycles. The first kappa shape index (κ1) is 72.4. The summed E-state index contributed by atoms with van der Waals surface area (Å²) in [5, 5.41) is 8.41. The Morgan fingerprint density at radius 2 is 0.892 bits per heavy atom. The summed E-state index contributed by atoms with van der Waals surface area (Å²) >= 11 is 2.41. The average molecular weight is 1760 g/mol. The molecule has 102 heavy (non-hydrogen) atoms. The van der Waals surface area contributed by atoms with E-state index in [2.05, 4.69) is 53.7 Å². The van der Waals surface area contributed by atoms with Crippen molar-refractivity contribution < 1.29 is 4.42 Å². The molecular formula is C80H72N8O7SSe6. The van der Waals surface area contributed by atoms with E-state index in [-0.39, 0.29) is 129 Å². The summed E-state index contributed by atoms with van der Waals surface area (Å²) < 4.78 is 24.2. The van der Waals surface area contributed by atoms with Gasteiger partial charge in [0.1, 0.15) is 0 Å². The molecule has 10 aromatic heterocycles. The van der Waals surface area contributed by atoms with Crippen molar-refractivity contribution in [3.8, 4) is 11.5 Å². The van der Waals surface area contributed by atoms with Crippen molar-refractivity contribution >= 4 is 169 Å². The molecule has 0 spiro atoms. The quantitative estimate of drug-likeness (QED) is 0.134. The maximum atomic E-state index is 12.4. The zero-order valence-electron chi connectivity index (χ0n) is 54.9. The molecule has 0 amide bonds. The summed E-state index contributed by atoms with van der Waals surface area (Å²) in [6, 6.07) is 72.0. The van der Waals surface area contributed by atoms with Crippen LogP contribution in [0.1, 0.15) is 94.9 Å². The van der Waals surface area contributed by atoms with Gasteiger partial charge in [-0.2, -0.15) is 0 Å². The fraction of sp³-hybridized carbons (Fsp3) is 0.200. The summed E-state index contributed by atoms with van der Waals surface area (Å²) in [4.78, 5) is 83.1. The predicted octanol–water partition coefficient (Wildman–Crippen LogP) is 13.9. The van der Waals surface area contributed by atoms with E-state index in [1.54, 1.807) is 33.6 Å². The Morgan fingerprint density at radius 3 is 1.38 bits per heavy atom. The van der Waals surface area contributed by atoms with Gasteiger partial charge in [0.05, 0.1) is 0 Å². The van der Waals surface area contributed by atoms with Gasteiger partial charge in [-0.15, -0.1) is 0 Å². The molecule has 0 atom stereocenters. The van der Waals surface area contributed by atoms with E-state index in [9.17, 15) is 28.8 Å². The number of hydrogen-bond donors (Lipinski definition) is 0. The first-order valence-electron chi connectivity index (χ1n) is 33.4. The maximum absolute atomic E-state index is 12.4. The van der Waals surface area contributed by atoms with Crippen LogP contribution in [-0.2, 0) is 13.1 Å². The van der Waals surface area contributed by atoms with E-state index in [0.29, 0.717) is 18.6 Å². The van der Waals surface area contributed by atoms with E-state index in [4.69, 9.17) is 4.42 Å². The van der Waals surface area contributed by atoms with Crippen LogP contribution in [-0.4, -0.2) is 120 Å². The molecule has 22 heteroatoms. The summed E-state index contributed by atoms with van der Waals surface area (Å²) in [5.74, 6) is 2.42. The van der Waals surface area contributed by atoms with Gasteiger partial charge in [0, 0.05) is 0 Å². The Bertz CT molecular complexity index is 5890. The monoisotopic (exact) mass is 1770 g/mol. The Balaban J connectivity index is 0.000000109. The molecule has 0 radical (unpaired) electrons. The van der Waals surface area contributed by atoms with Crippen molar-refractivity contribution in [1.29, 1.82) is 0 Å². The molecule has 2 saturated carbocycles. The zero-order valence-corrected chi connectivity index (χ0v) is 66.0. The van der Waals surface area contributed by atoms with Gasteiger partial charge >= 0.3 is 627 Å². The fourth-order valence-electron chi connectivity index (χ4n) is 12.5. The van der Waals surface area contributed by atoms with E-state index < -0.39 is 0 Å². The summed E-state index contributed by atoms with van der Waals surface area (Å²) in [6.45, 7) is 3.65. The molecule has 15 nitrogen and oxygen atoms in total. The first-order chi connectivity index (χ1) is 49.5. The van der Waals surface area contributed by atoms with Crippen molar-refractivity contribution in [3.05, 3.63) is 315 Å². The van der Waals surface area contributed by atoms with Crippen LogP contribution in [0.15, 0.2) is 276 Å². The molecule has 0 bridgehead atoms. The van der Waals surface area contributed by atoms with Crippen LogP contribution in [0.4, 0.5) is 0 Å². The van der Waals surface area contributed by atoms with E-state index in [1.807, 2.05) is 205 Å². The molecule has 516 valence electrons. The third kappa shape index (κ3) is 16.6. The molecular weight excluding hydrogens is 1690 g/mol. The number of aromatic nitrogens is 8. The third-order valence-corrected chi connectivity index (χ3v) is 32.8. The van der Waals surface area contributed by atoms with E-state index in [1.165, 1.54) is 75.4 Å². The van der Waals surface area contributed by atoms with Crippen molar-refractivity contribution in [1.82, 2.24) is 31.3 Å². The van der Waals surface area contributed by atoms with E-state index in [0.717, 1.165) is 85.7 Å². The van der Waals surface area contributed by atoms with Gasteiger partial charge in [0.25, 0.3) is 0 Å². The second-order valence-electron chi connectivity index (χ2n) is 24.6. The topological polar surface area (TPSA) is 171 Å². The Kier molecular flexibility index (Phi) is 24.2. The number of rotatable bonds is 8. The number of fused-ring (bicyclic) bond motifs is 7. The molecule has 0 unspecified atom stereocenters. The van der Waals surface area contributed by atoms with Gasteiger partial charge < -0.3 is 0 Å². The van der Waals surface area contributed by atoms with Gasteiger partial charge in [-0.25, -0.2) is 0 Å². The van der Waals surface area contributed by atoms with Crippen LogP contribution in [0.2, 0.25) is 0 Å². The number of benzene rings is 7. The molecule has 2 aliphatic carbocycles. The summed E-state index contributed by atoms with van der Waals surface area (Å²) in [7, 11) is 0. The number of para-hydroxylation sites is 1. The Hall–Kier alpha value is -7.98. The number of nitrogens with zero attached hydrogens (tertiary/aromatic N) is 8. The molecule has 19 rings (SSSR count). The van der Waals surface area contributed by atoms with Crippen molar-refractivity contribution in [3.63, 3.8) is 0 Å². The van der Waals surface area contributed by atoms with Crippen LogP contribution in [0.3, 0.4) is 0 Å². The van der Waals surface area contributed by atoms with Crippen LogP contribution in [0.25, 0.3) is 80.3 Å². The number of furan rings is 1. The van der Waals surface area contributed by atoms with Crippen LogP contribution < -0.4 is 33.4 Å². The van der Waals surface area contributed by atoms with Gasteiger partial charge in [0.2, 0.25) is 0 Å². The minimum atomic E-state index is -0.0247. The molecule has 0 saturated heterocycles. The summed E-state index contributed by atoms with van der Waals surface area (Å²) in [5.41, 5.74) is 2.80. The Morgan fingerprint density at radius 1 is 0.422 bits per heavy atom. The van der Waals surface area contributed by atoms with Crippen LogP contribution in [0.5, 0.6) is 0 Å². The number of hydrogen-bond acceptors (Lipinski definition) is 10. The zero-order chi connectivity index (χ0) is 69.2. The predicted molar refractivity (Wildman–Crippen MR) is 423 cm³/mol. The molecule has 2 fully saturated rings. The minimum absolute atomic E-state index is 0. The van der Waals surface area contributed by atoms with E-state index >= 15 is 0 Å². The average Bonchev–Trinajstić information content (AvgIpc) is 1.65. The van der Waals surface area contributed by atoms with Crippen LogP contribution >= 0.6 is 11.3 Å². The van der Waals surface area contributed by atoms with Crippen molar-refractivity contribution in [2.45, 2.75) is 97.3 Å². The van der Waals surface area contributed by atoms with Crippen molar-refractivity contribution in [2.75, 3.05) is 0 Å². The summed E-state index contributed by atoms with van der Waals surface area (Å²) in [6.07, 6.45) is 16.4. The molecule has 2 aliphatic rings. The van der Waals surface area contributed by atoms with Gasteiger partial charge in [-0.3, -0.25) is 0 Å². The molecule has 17 aromatic rings. The molecule has 7 aromatic carbocycles. The second-order valence-corrected chi connectivity index (χ2v) is 38.5. The van der Waals surface area contributed by atoms with Crippen LogP contribution in [0, 0.1) is 5.92 Å². The van der Waals surface area contributed by atoms with Crippen molar-refractivity contribution in [2.24, 2.45) is 5.92 Å². The number of pyridine rings is 2. The first-order valence-corrected chi connectivity index (χ1v) is 44.0. The second kappa shape index (κ2) is 34.1. The normalized spacial score (nSPS) is 14.4. The molecule has 10 heterocycles. The SMILES string of the molecule is C.CC1CCC(n2[se]c3ccccc3c2=O)CC1.O=c1c2ccccc2[se]n1-c1ccc2ccccc2n1.O=c1c2ccccc2[se]n1-c1cccnc1.O=c1c2ccccc2[se]n1C1CCCCC1.O=c1c2ccccc2[se]n1Cc1ccco1.O=c1c2ccccc2[se]n1Cc1cccs1. The van der Waals surface area contributed by atoms with Gasteiger partial charge in [-0.1, -0.05) is 7.43 Å². The number of thiophene rings is 1. The molecule has 0 N–H and O–H groups in total. The Labute approximate surface area is 628 Å². The fourth-order valence-corrected chi connectivity index (χ4v) is 26.5. The van der Waals surface area contributed by atoms with Gasteiger partial charge in [0.15, 0.2) is 0 Å². The van der Waals surface area contributed by atoms with Gasteiger partial charge in [-0.05, 0) is 0 Å².